The molecule has 2 N–H and O–H groups in total. The number of urea groups is 1. The van der Waals surface area contributed by atoms with E-state index in [0.29, 0.717) is 4.57 Å². The first-order chi connectivity index (χ1) is 20.7. The number of fused-ring (bicyclic) bond motifs is 1. The molecule has 11 nitrogen and oxygen atoms in total. The predicted octanol–water partition coefficient (Wildman–Crippen LogP) is 4.07. The zero-order valence-electron chi connectivity index (χ0n) is 23.3. The van der Waals surface area contributed by atoms with Crippen molar-refractivity contribution >= 4 is 45.8 Å². The van der Waals surface area contributed by atoms with E-state index in [2.05, 4.69) is 10.6 Å². The predicted molar refractivity (Wildman–Crippen MR) is 151 cm³/mol. The van der Waals surface area contributed by atoms with Crippen LogP contribution >= 0.6 is 11.6 Å². The minimum atomic E-state index is -2.98. The van der Waals surface area contributed by atoms with Crippen molar-refractivity contribution in [2.75, 3.05) is 30.3 Å². The van der Waals surface area contributed by atoms with Gasteiger partial charge in [0.2, 0.25) is 0 Å². The number of hydrogen-bond acceptors (Lipinski definition) is 6. The van der Waals surface area contributed by atoms with Crippen molar-refractivity contribution in [1.29, 1.82) is 5.26 Å². The molecule has 16 heteroatoms. The highest BCUT2D eigenvalue weighted by Gasteiger charge is 2.57. The van der Waals surface area contributed by atoms with Crippen LogP contribution < -0.4 is 21.9 Å². The summed E-state index contributed by atoms with van der Waals surface area (Å²) in [6, 6.07) is 4.17. The van der Waals surface area contributed by atoms with E-state index in [1.54, 1.807) is 19.9 Å². The number of rotatable bonds is 6. The van der Waals surface area contributed by atoms with E-state index in [1.165, 1.54) is 0 Å². The highest BCUT2D eigenvalue weighted by atomic mass is 35.5. The van der Waals surface area contributed by atoms with Crippen molar-refractivity contribution < 1.29 is 31.9 Å². The molecule has 0 bridgehead atoms. The van der Waals surface area contributed by atoms with Crippen LogP contribution in [0.25, 0.3) is 10.9 Å². The Morgan fingerprint density at radius 3 is 2.43 bits per heavy atom. The highest BCUT2D eigenvalue weighted by Crippen LogP contribution is 2.49. The van der Waals surface area contributed by atoms with Crippen LogP contribution in [-0.2, 0) is 16.1 Å². The molecule has 44 heavy (non-hydrogen) atoms. The summed E-state index contributed by atoms with van der Waals surface area (Å²) >= 11 is 5.92. The Morgan fingerprint density at radius 1 is 1.14 bits per heavy atom. The zero-order chi connectivity index (χ0) is 32.1. The van der Waals surface area contributed by atoms with Gasteiger partial charge in [0.25, 0.3) is 17.4 Å². The molecule has 3 amide bonds. The number of alkyl halides is 2. The van der Waals surface area contributed by atoms with Crippen molar-refractivity contribution in [2.24, 2.45) is 5.92 Å². The molecule has 1 aliphatic carbocycles. The molecule has 0 radical (unpaired) electrons. The molecule has 1 aliphatic heterocycles. The van der Waals surface area contributed by atoms with Gasteiger partial charge < -0.3 is 20.3 Å². The number of anilines is 2. The Morgan fingerprint density at radius 2 is 1.80 bits per heavy atom. The van der Waals surface area contributed by atoms with Crippen molar-refractivity contribution in [3.63, 3.8) is 0 Å². The first-order valence-corrected chi connectivity index (χ1v) is 13.8. The van der Waals surface area contributed by atoms with E-state index in [-0.39, 0.29) is 46.9 Å². The van der Waals surface area contributed by atoms with Crippen LogP contribution in [0.1, 0.15) is 31.9 Å². The second-order valence-corrected chi connectivity index (χ2v) is 11.2. The van der Waals surface area contributed by atoms with Crippen molar-refractivity contribution in [2.45, 2.75) is 44.9 Å². The number of morpholine rings is 1. The molecule has 2 atom stereocenters. The molecule has 5 rings (SSSR count). The van der Waals surface area contributed by atoms with Crippen LogP contribution in [0, 0.1) is 28.9 Å². The molecular formula is C28H25ClF4N6O5. The summed E-state index contributed by atoms with van der Waals surface area (Å²) < 4.78 is 64.0. The normalized spacial score (nSPS) is 19.1. The number of carbonyl (C=O) groups is 2. The summed E-state index contributed by atoms with van der Waals surface area (Å²) in [5, 5.41) is 13.4. The van der Waals surface area contributed by atoms with Crippen LogP contribution in [0.2, 0.25) is 5.02 Å². The third kappa shape index (κ3) is 5.87. The summed E-state index contributed by atoms with van der Waals surface area (Å²) in [5.41, 5.74) is -2.68. The SMILES string of the molecule is CC(C)n1c(=O)n(CC2CC2(F)F)c(=O)c2cc(NC(=O)N3CCO[C@@H](C(=O)Nc4cc(Cl)c(C#N)cc4F)C3)c(F)cc21. The van der Waals surface area contributed by atoms with E-state index in [0.717, 1.165) is 33.7 Å². The van der Waals surface area contributed by atoms with E-state index < -0.39 is 77.5 Å². The van der Waals surface area contributed by atoms with Crippen molar-refractivity contribution in [3.8, 4) is 6.07 Å². The average molecular weight is 637 g/mol. The average Bonchev–Trinajstić information content (AvgIpc) is 3.58. The van der Waals surface area contributed by atoms with E-state index >= 15 is 4.39 Å². The molecule has 2 aromatic carbocycles. The van der Waals surface area contributed by atoms with Crippen molar-refractivity contribution in [3.05, 3.63) is 67.3 Å². The van der Waals surface area contributed by atoms with Crippen LogP contribution in [0.15, 0.2) is 33.9 Å². The summed E-state index contributed by atoms with van der Waals surface area (Å²) in [4.78, 5) is 53.3. The van der Waals surface area contributed by atoms with Gasteiger partial charge in [-0.2, -0.15) is 5.26 Å². The number of amides is 3. The number of nitrogens with zero attached hydrogens (tertiary/aromatic N) is 4. The fraction of sp³-hybridized carbons (Fsp3) is 0.393. The maximum atomic E-state index is 15.2. The summed E-state index contributed by atoms with van der Waals surface area (Å²) in [6.07, 6.45) is -1.71. The quantitative estimate of drug-likeness (QED) is 0.391. The molecule has 232 valence electrons. The van der Waals surface area contributed by atoms with Crippen molar-refractivity contribution in [1.82, 2.24) is 14.0 Å². The Kier molecular flexibility index (Phi) is 8.17. The number of aromatic nitrogens is 2. The largest absolute Gasteiger partial charge is 0.365 e. The van der Waals surface area contributed by atoms with E-state index in [4.69, 9.17) is 21.6 Å². The van der Waals surface area contributed by atoms with Crippen LogP contribution in [0.5, 0.6) is 0 Å². The Labute approximate surface area is 251 Å². The molecule has 1 saturated heterocycles. The van der Waals surface area contributed by atoms with Gasteiger partial charge in [-0.1, -0.05) is 11.6 Å². The lowest BCUT2D eigenvalue weighted by molar-refractivity contribution is -0.131. The molecule has 2 heterocycles. The number of nitriles is 1. The molecule has 2 fully saturated rings. The molecule has 1 aromatic heterocycles. The summed E-state index contributed by atoms with van der Waals surface area (Å²) in [7, 11) is 0. The van der Waals surface area contributed by atoms with Gasteiger partial charge in [-0.25, -0.2) is 27.2 Å². The van der Waals surface area contributed by atoms with Crippen LogP contribution in [-0.4, -0.2) is 57.7 Å². The number of halogens is 5. The third-order valence-electron chi connectivity index (χ3n) is 7.46. The minimum absolute atomic E-state index is 0.00281. The lowest BCUT2D eigenvalue weighted by Gasteiger charge is -2.32. The Hall–Kier alpha value is -4.42. The maximum Gasteiger partial charge on any atom is 0.331 e. The van der Waals surface area contributed by atoms with Gasteiger partial charge in [-0.05, 0) is 32.0 Å². The first kappa shape index (κ1) is 31.0. The monoisotopic (exact) mass is 636 g/mol. The minimum Gasteiger partial charge on any atom is -0.365 e. The number of carbonyl (C=O) groups excluding carboxylic acids is 2. The zero-order valence-corrected chi connectivity index (χ0v) is 24.1. The van der Waals surface area contributed by atoms with Gasteiger partial charge in [0.1, 0.15) is 17.7 Å². The first-order valence-electron chi connectivity index (χ1n) is 13.5. The number of hydrogen-bond donors (Lipinski definition) is 2. The fourth-order valence-electron chi connectivity index (χ4n) is 4.97. The second kappa shape index (κ2) is 11.6. The van der Waals surface area contributed by atoms with Crippen LogP contribution in [0.4, 0.5) is 33.7 Å². The highest BCUT2D eigenvalue weighted by molar-refractivity contribution is 6.32. The smallest absolute Gasteiger partial charge is 0.331 e. The second-order valence-electron chi connectivity index (χ2n) is 10.8. The van der Waals surface area contributed by atoms with Gasteiger partial charge in [0.05, 0.1) is 46.0 Å². The molecule has 2 aliphatic rings. The van der Waals surface area contributed by atoms with Gasteiger partial charge in [0, 0.05) is 37.5 Å². The Bertz CT molecular complexity index is 1850. The van der Waals surface area contributed by atoms with E-state index in [1.807, 2.05) is 0 Å². The molecule has 3 aromatic rings. The van der Waals surface area contributed by atoms with Gasteiger partial charge >= 0.3 is 11.7 Å². The standard InChI is InChI=1S/C28H25ClF4N6O5/c1-13(2)39-22-8-19(31)20(6-16(22)25(41)38(27(39)43)11-15-9-28(15,32)33)36-26(42)37-3-4-44-23(12-37)24(40)35-21-7-17(29)14(10-34)5-18(21)30/h5-8,13,15,23H,3-4,9,11-12H2,1-2H3,(H,35,40)(H,36,42)/t15?,23-/m1/s1. The number of nitrogens with one attached hydrogen (secondary N) is 2. The van der Waals surface area contributed by atoms with Gasteiger partial charge in [-0.3, -0.25) is 18.7 Å². The Balaban J connectivity index is 1.37. The number of ether oxygens (including phenoxy) is 1. The van der Waals surface area contributed by atoms with Gasteiger partial charge in [0.15, 0.2) is 6.10 Å². The lowest BCUT2D eigenvalue weighted by Crippen LogP contribution is -2.51. The molecule has 1 saturated carbocycles. The molecule has 1 unspecified atom stereocenters. The number of benzene rings is 2. The fourth-order valence-corrected chi connectivity index (χ4v) is 5.18. The molecule has 0 spiro atoms. The van der Waals surface area contributed by atoms with Gasteiger partial charge in [-0.15, -0.1) is 0 Å². The maximum absolute atomic E-state index is 15.2. The topological polar surface area (TPSA) is 138 Å². The molecular weight excluding hydrogens is 612 g/mol. The lowest BCUT2D eigenvalue weighted by atomic mass is 10.1. The summed E-state index contributed by atoms with van der Waals surface area (Å²) in [5.74, 6) is -6.86. The van der Waals surface area contributed by atoms with Crippen LogP contribution in [0.3, 0.4) is 0 Å². The van der Waals surface area contributed by atoms with E-state index in [9.17, 15) is 32.3 Å². The summed E-state index contributed by atoms with van der Waals surface area (Å²) in [6.45, 7) is 2.31. The third-order valence-corrected chi connectivity index (χ3v) is 7.77.